The molecule has 0 aliphatic heterocycles. The van der Waals surface area contributed by atoms with Gasteiger partial charge in [-0.1, -0.05) is 30.3 Å². The van der Waals surface area contributed by atoms with Crippen molar-refractivity contribution in [1.82, 2.24) is 5.32 Å². The number of hydrogen-bond donors (Lipinski definition) is 2. The van der Waals surface area contributed by atoms with Crippen molar-refractivity contribution >= 4 is 35.2 Å². The molecular weight excluding hydrogens is 358 g/mol. The van der Waals surface area contributed by atoms with Gasteiger partial charge in [-0.05, 0) is 35.9 Å². The molecule has 0 heterocycles. The molecule has 146 valence electrons. The Morgan fingerprint density at radius 1 is 1.00 bits per heavy atom. The van der Waals surface area contributed by atoms with Gasteiger partial charge >= 0.3 is 5.97 Å². The molecule has 0 aromatic heterocycles. The average molecular weight is 381 g/mol. The van der Waals surface area contributed by atoms with E-state index in [2.05, 4.69) is 10.6 Å². The highest BCUT2D eigenvalue weighted by atomic mass is 16.5. The number of carbonyl (C=O) groups is 3. The Balaban J connectivity index is 1.68. The van der Waals surface area contributed by atoms with Crippen LogP contribution in [0.3, 0.4) is 0 Å². The summed E-state index contributed by atoms with van der Waals surface area (Å²) < 4.78 is 4.85. The third kappa shape index (κ3) is 7.33. The molecule has 2 N–H and O–H groups in total. The molecule has 0 unspecified atom stereocenters. The summed E-state index contributed by atoms with van der Waals surface area (Å²) >= 11 is 0. The first-order valence-corrected chi connectivity index (χ1v) is 8.68. The van der Waals surface area contributed by atoms with E-state index in [0.29, 0.717) is 5.69 Å². The molecule has 2 rings (SSSR count). The molecule has 0 fully saturated rings. The third-order valence-corrected chi connectivity index (χ3v) is 3.67. The minimum Gasteiger partial charge on any atom is -0.454 e. The van der Waals surface area contributed by atoms with E-state index in [1.807, 2.05) is 61.5 Å². The first-order valence-electron chi connectivity index (χ1n) is 8.68. The van der Waals surface area contributed by atoms with Crippen molar-refractivity contribution in [3.05, 3.63) is 66.2 Å². The molecule has 0 saturated carbocycles. The van der Waals surface area contributed by atoms with Crippen molar-refractivity contribution in [3.8, 4) is 0 Å². The highest BCUT2D eigenvalue weighted by Gasteiger charge is 2.09. The smallest absolute Gasteiger partial charge is 0.325 e. The van der Waals surface area contributed by atoms with Gasteiger partial charge in [-0.2, -0.15) is 0 Å². The van der Waals surface area contributed by atoms with Crippen LogP contribution in [-0.4, -0.2) is 45.0 Å². The SMILES string of the molecule is CN(C)c1ccc(NC(=O)COC(=O)CNC(=O)/C=C/c2ccccc2)cc1. The lowest BCUT2D eigenvalue weighted by molar-refractivity contribution is -0.146. The van der Waals surface area contributed by atoms with E-state index in [9.17, 15) is 14.4 Å². The summed E-state index contributed by atoms with van der Waals surface area (Å²) in [7, 11) is 3.84. The summed E-state index contributed by atoms with van der Waals surface area (Å²) in [5.41, 5.74) is 2.47. The fraction of sp³-hybridized carbons (Fsp3) is 0.190. The van der Waals surface area contributed by atoms with Crippen molar-refractivity contribution in [2.75, 3.05) is 37.5 Å². The number of amides is 2. The predicted octanol–water partition coefficient (Wildman–Crippen LogP) is 2.06. The Hall–Kier alpha value is -3.61. The normalized spacial score (nSPS) is 10.4. The number of hydrogen-bond acceptors (Lipinski definition) is 5. The average Bonchev–Trinajstić information content (AvgIpc) is 2.70. The van der Waals surface area contributed by atoms with Crippen LogP contribution >= 0.6 is 0 Å². The van der Waals surface area contributed by atoms with Crippen LogP contribution in [0.2, 0.25) is 0 Å². The predicted molar refractivity (Wildman–Crippen MR) is 109 cm³/mol. The molecule has 28 heavy (non-hydrogen) atoms. The largest absolute Gasteiger partial charge is 0.454 e. The molecule has 0 saturated heterocycles. The molecule has 0 radical (unpaired) electrons. The molecule has 0 atom stereocenters. The molecule has 7 nitrogen and oxygen atoms in total. The van der Waals surface area contributed by atoms with Gasteiger partial charge < -0.3 is 20.3 Å². The number of ether oxygens (including phenoxy) is 1. The minimum atomic E-state index is -0.695. The van der Waals surface area contributed by atoms with E-state index in [-0.39, 0.29) is 6.54 Å². The number of nitrogens with zero attached hydrogens (tertiary/aromatic N) is 1. The van der Waals surface area contributed by atoms with Crippen LogP contribution < -0.4 is 15.5 Å². The van der Waals surface area contributed by atoms with E-state index >= 15 is 0 Å². The van der Waals surface area contributed by atoms with E-state index < -0.39 is 24.4 Å². The zero-order valence-corrected chi connectivity index (χ0v) is 15.8. The highest BCUT2D eigenvalue weighted by Crippen LogP contribution is 2.15. The topological polar surface area (TPSA) is 87.7 Å². The van der Waals surface area contributed by atoms with Gasteiger partial charge in [-0.15, -0.1) is 0 Å². The monoisotopic (exact) mass is 381 g/mol. The Morgan fingerprint density at radius 2 is 1.68 bits per heavy atom. The van der Waals surface area contributed by atoms with Crippen molar-refractivity contribution in [2.24, 2.45) is 0 Å². The van der Waals surface area contributed by atoms with E-state index in [0.717, 1.165) is 11.3 Å². The zero-order valence-electron chi connectivity index (χ0n) is 15.8. The van der Waals surface area contributed by atoms with Crippen LogP contribution in [-0.2, 0) is 19.1 Å². The minimum absolute atomic E-state index is 0.317. The Labute approximate surface area is 164 Å². The molecule has 2 amide bonds. The van der Waals surface area contributed by atoms with Gasteiger partial charge in [-0.3, -0.25) is 14.4 Å². The second-order valence-corrected chi connectivity index (χ2v) is 6.11. The fourth-order valence-corrected chi connectivity index (χ4v) is 2.19. The van der Waals surface area contributed by atoms with Crippen molar-refractivity contribution in [3.63, 3.8) is 0 Å². The number of anilines is 2. The van der Waals surface area contributed by atoms with Crippen molar-refractivity contribution in [2.45, 2.75) is 0 Å². The molecule has 0 spiro atoms. The summed E-state index contributed by atoms with van der Waals surface area (Å²) in [6.07, 6.45) is 2.96. The molecule has 7 heteroatoms. The summed E-state index contributed by atoms with van der Waals surface area (Å²) in [5, 5.41) is 5.04. The number of esters is 1. The van der Waals surface area contributed by atoms with Gasteiger partial charge in [0.25, 0.3) is 5.91 Å². The number of benzene rings is 2. The zero-order chi connectivity index (χ0) is 20.4. The molecule has 0 aliphatic rings. The van der Waals surface area contributed by atoms with Gasteiger partial charge in [0, 0.05) is 31.5 Å². The van der Waals surface area contributed by atoms with Crippen LogP contribution in [0.5, 0.6) is 0 Å². The Kier molecular flexibility index (Phi) is 7.77. The molecule has 0 aliphatic carbocycles. The lowest BCUT2D eigenvalue weighted by Gasteiger charge is -2.13. The summed E-state index contributed by atoms with van der Waals surface area (Å²) in [5.74, 6) is -1.58. The first kappa shape index (κ1) is 20.7. The van der Waals surface area contributed by atoms with Gasteiger partial charge in [0.2, 0.25) is 5.91 Å². The molecular formula is C21H23N3O4. The van der Waals surface area contributed by atoms with Crippen LogP contribution in [0.4, 0.5) is 11.4 Å². The fourth-order valence-electron chi connectivity index (χ4n) is 2.19. The van der Waals surface area contributed by atoms with E-state index in [4.69, 9.17) is 4.74 Å². The highest BCUT2D eigenvalue weighted by molar-refractivity contribution is 5.95. The number of rotatable bonds is 8. The third-order valence-electron chi connectivity index (χ3n) is 3.67. The molecule has 2 aromatic rings. The number of nitrogens with one attached hydrogen (secondary N) is 2. The number of carbonyl (C=O) groups excluding carboxylic acids is 3. The maximum absolute atomic E-state index is 11.8. The maximum atomic E-state index is 11.8. The maximum Gasteiger partial charge on any atom is 0.325 e. The van der Waals surface area contributed by atoms with Crippen LogP contribution in [0.15, 0.2) is 60.7 Å². The second kappa shape index (κ2) is 10.5. The quantitative estimate of drug-likeness (QED) is 0.540. The van der Waals surface area contributed by atoms with E-state index in [1.165, 1.54) is 6.08 Å². The Morgan fingerprint density at radius 3 is 2.32 bits per heavy atom. The summed E-state index contributed by atoms with van der Waals surface area (Å²) in [6.45, 7) is -0.743. The lowest BCUT2D eigenvalue weighted by atomic mass is 10.2. The van der Waals surface area contributed by atoms with Gasteiger partial charge in [0.15, 0.2) is 6.61 Å². The molecule has 0 bridgehead atoms. The lowest BCUT2D eigenvalue weighted by Crippen LogP contribution is -2.31. The standard InChI is InChI=1S/C21H23N3O4/c1-24(2)18-11-9-17(10-12-18)23-20(26)15-28-21(27)14-22-19(25)13-8-16-6-4-3-5-7-16/h3-13H,14-15H2,1-2H3,(H,22,25)(H,23,26)/b13-8+. The van der Waals surface area contributed by atoms with E-state index in [1.54, 1.807) is 18.2 Å². The van der Waals surface area contributed by atoms with Crippen molar-refractivity contribution in [1.29, 1.82) is 0 Å². The summed E-state index contributed by atoms with van der Waals surface area (Å²) in [6, 6.07) is 16.5. The van der Waals surface area contributed by atoms with Crippen LogP contribution in [0, 0.1) is 0 Å². The van der Waals surface area contributed by atoms with Gasteiger partial charge in [-0.25, -0.2) is 0 Å². The second-order valence-electron chi connectivity index (χ2n) is 6.11. The Bertz CT molecular complexity index is 830. The van der Waals surface area contributed by atoms with Crippen LogP contribution in [0.1, 0.15) is 5.56 Å². The van der Waals surface area contributed by atoms with Gasteiger partial charge in [0.1, 0.15) is 6.54 Å². The first-order chi connectivity index (χ1) is 13.4. The van der Waals surface area contributed by atoms with Gasteiger partial charge in [0.05, 0.1) is 0 Å². The summed E-state index contributed by atoms with van der Waals surface area (Å²) in [4.78, 5) is 37.1. The van der Waals surface area contributed by atoms with Crippen molar-refractivity contribution < 1.29 is 19.1 Å². The van der Waals surface area contributed by atoms with Crippen LogP contribution in [0.25, 0.3) is 6.08 Å². The molecule has 2 aromatic carbocycles.